The minimum Gasteiger partial charge on any atom is -0.379 e. The number of nitrogens with one attached hydrogen (secondary N) is 2. The van der Waals surface area contributed by atoms with Crippen LogP contribution in [-0.2, 0) is 4.74 Å². The Morgan fingerprint density at radius 2 is 1.79 bits per heavy atom. The Kier molecular flexibility index (Phi) is 13.7. The van der Waals surface area contributed by atoms with E-state index in [0.717, 1.165) is 58.4 Å². The molecule has 0 aromatic carbocycles. The molecule has 2 fully saturated rings. The molecule has 29 heavy (non-hydrogen) atoms. The minimum absolute atomic E-state index is 0. The zero-order chi connectivity index (χ0) is 20.2. The summed E-state index contributed by atoms with van der Waals surface area (Å²) in [5.74, 6) is 0.984. The lowest BCUT2D eigenvalue weighted by Gasteiger charge is -2.47. The van der Waals surface area contributed by atoms with E-state index in [4.69, 9.17) is 9.73 Å². The topological polar surface area (TPSA) is 52.1 Å². The fourth-order valence-electron chi connectivity index (χ4n) is 4.34. The van der Waals surface area contributed by atoms with Crippen molar-refractivity contribution < 1.29 is 4.74 Å². The van der Waals surface area contributed by atoms with Gasteiger partial charge in [-0.3, -0.25) is 9.89 Å². The summed E-state index contributed by atoms with van der Waals surface area (Å²) in [5, 5.41) is 7.01. The molecule has 0 atom stereocenters. The van der Waals surface area contributed by atoms with Crippen molar-refractivity contribution in [2.24, 2.45) is 4.99 Å². The highest BCUT2D eigenvalue weighted by atomic mass is 127. The van der Waals surface area contributed by atoms with Crippen molar-refractivity contribution >= 4 is 29.9 Å². The Bertz CT molecular complexity index is 448. The van der Waals surface area contributed by atoms with Crippen LogP contribution >= 0.6 is 24.0 Å². The number of unbranched alkanes of at least 4 members (excludes halogenated alkanes) is 1. The maximum atomic E-state index is 5.60. The monoisotopic (exact) mass is 523 g/mol. The standard InChI is InChI=1S/C22H45N5O.HI/c1-5-23-21(24-13-9-10-14-26(4)20(2)3)25-19-22(11-7-6-8-12-22)27-15-17-28-18-16-27;/h20H,5-19H2,1-4H3,(H2,23,24,25);1H. The fraction of sp³-hybridized carbons (Fsp3) is 0.955. The molecule has 0 spiro atoms. The van der Waals surface area contributed by atoms with Crippen LogP contribution < -0.4 is 10.6 Å². The van der Waals surface area contributed by atoms with Crippen LogP contribution in [0.2, 0.25) is 0 Å². The van der Waals surface area contributed by atoms with Crippen LogP contribution in [0.1, 0.15) is 65.7 Å². The predicted molar refractivity (Wildman–Crippen MR) is 135 cm³/mol. The normalized spacial score (nSPS) is 20.6. The summed E-state index contributed by atoms with van der Waals surface area (Å²) in [4.78, 5) is 10.1. The first-order valence-corrected chi connectivity index (χ1v) is 11.6. The molecule has 0 aromatic heterocycles. The van der Waals surface area contributed by atoms with Crippen LogP contribution in [0.3, 0.4) is 0 Å². The highest BCUT2D eigenvalue weighted by Gasteiger charge is 2.38. The zero-order valence-corrected chi connectivity index (χ0v) is 21.7. The van der Waals surface area contributed by atoms with Crippen LogP contribution in [0.15, 0.2) is 4.99 Å². The Labute approximate surface area is 196 Å². The van der Waals surface area contributed by atoms with Crippen molar-refractivity contribution in [2.45, 2.75) is 77.3 Å². The molecular weight excluding hydrogens is 477 g/mol. The van der Waals surface area contributed by atoms with E-state index >= 15 is 0 Å². The highest BCUT2D eigenvalue weighted by Crippen LogP contribution is 2.34. The number of aliphatic imine (C=N–C) groups is 1. The summed E-state index contributed by atoms with van der Waals surface area (Å²) in [6, 6.07) is 0.624. The van der Waals surface area contributed by atoms with Gasteiger partial charge in [0, 0.05) is 37.8 Å². The van der Waals surface area contributed by atoms with Gasteiger partial charge in [-0.15, -0.1) is 24.0 Å². The second-order valence-electron chi connectivity index (χ2n) is 8.79. The van der Waals surface area contributed by atoms with Crippen LogP contribution in [0.25, 0.3) is 0 Å². The molecular formula is C22H46IN5O. The van der Waals surface area contributed by atoms with E-state index in [1.807, 2.05) is 0 Å². The largest absolute Gasteiger partial charge is 0.379 e. The number of halogens is 1. The molecule has 1 aliphatic carbocycles. The van der Waals surface area contributed by atoms with Gasteiger partial charge in [0.05, 0.1) is 19.8 Å². The Morgan fingerprint density at radius 1 is 1.10 bits per heavy atom. The molecule has 1 saturated carbocycles. The molecule has 2 rings (SSSR count). The molecule has 172 valence electrons. The smallest absolute Gasteiger partial charge is 0.191 e. The molecule has 0 radical (unpaired) electrons. The zero-order valence-electron chi connectivity index (χ0n) is 19.3. The second-order valence-corrected chi connectivity index (χ2v) is 8.79. The minimum atomic E-state index is 0. The van der Waals surface area contributed by atoms with Gasteiger partial charge in [0.1, 0.15) is 0 Å². The van der Waals surface area contributed by atoms with Crippen LogP contribution in [0, 0.1) is 0 Å². The molecule has 0 bridgehead atoms. The fourth-order valence-corrected chi connectivity index (χ4v) is 4.34. The predicted octanol–water partition coefficient (Wildman–Crippen LogP) is 3.32. The summed E-state index contributed by atoms with van der Waals surface area (Å²) in [6.07, 6.45) is 8.99. The van der Waals surface area contributed by atoms with Gasteiger partial charge >= 0.3 is 0 Å². The molecule has 2 aliphatic rings. The van der Waals surface area contributed by atoms with Gasteiger partial charge in [0.25, 0.3) is 0 Å². The molecule has 1 aliphatic heterocycles. The first kappa shape index (κ1) is 26.9. The molecule has 1 saturated heterocycles. The molecule has 6 nitrogen and oxygen atoms in total. The maximum absolute atomic E-state index is 5.60. The number of ether oxygens (including phenoxy) is 1. The summed E-state index contributed by atoms with van der Waals surface area (Å²) < 4.78 is 5.60. The van der Waals surface area contributed by atoms with Gasteiger partial charge in [-0.25, -0.2) is 0 Å². The number of morpholine rings is 1. The van der Waals surface area contributed by atoms with Crippen molar-refractivity contribution in [1.82, 2.24) is 20.4 Å². The number of guanidine groups is 1. The first-order chi connectivity index (χ1) is 13.6. The Balaban J connectivity index is 0.00000420. The molecule has 0 aromatic rings. The van der Waals surface area contributed by atoms with Gasteiger partial charge in [0.15, 0.2) is 5.96 Å². The van der Waals surface area contributed by atoms with E-state index in [0.29, 0.717) is 6.04 Å². The number of hydrogen-bond acceptors (Lipinski definition) is 4. The lowest BCUT2D eigenvalue weighted by atomic mass is 9.80. The lowest BCUT2D eigenvalue weighted by Crippen LogP contribution is -2.56. The molecule has 0 unspecified atom stereocenters. The van der Waals surface area contributed by atoms with E-state index in [1.165, 1.54) is 44.9 Å². The average Bonchev–Trinajstić information content (AvgIpc) is 2.72. The van der Waals surface area contributed by atoms with Gasteiger partial charge in [-0.2, -0.15) is 0 Å². The van der Waals surface area contributed by atoms with E-state index in [-0.39, 0.29) is 29.5 Å². The van der Waals surface area contributed by atoms with E-state index < -0.39 is 0 Å². The van der Waals surface area contributed by atoms with Gasteiger partial charge in [-0.05, 0) is 60.0 Å². The number of rotatable bonds is 10. The number of hydrogen-bond donors (Lipinski definition) is 2. The molecule has 7 heteroatoms. The number of nitrogens with zero attached hydrogens (tertiary/aromatic N) is 3. The van der Waals surface area contributed by atoms with Crippen molar-refractivity contribution in [1.29, 1.82) is 0 Å². The van der Waals surface area contributed by atoms with Crippen LogP contribution in [0.5, 0.6) is 0 Å². The second kappa shape index (κ2) is 14.8. The van der Waals surface area contributed by atoms with E-state index in [2.05, 4.69) is 48.3 Å². The summed E-state index contributed by atoms with van der Waals surface area (Å²) in [6.45, 7) is 14.5. The quantitative estimate of drug-likeness (QED) is 0.199. The molecule has 1 heterocycles. The summed E-state index contributed by atoms with van der Waals surface area (Å²) in [7, 11) is 2.21. The first-order valence-electron chi connectivity index (χ1n) is 11.6. The molecule has 2 N–H and O–H groups in total. The van der Waals surface area contributed by atoms with Crippen molar-refractivity contribution in [2.75, 3.05) is 59.5 Å². The van der Waals surface area contributed by atoms with Crippen LogP contribution in [-0.4, -0.2) is 86.9 Å². The average molecular weight is 524 g/mol. The highest BCUT2D eigenvalue weighted by molar-refractivity contribution is 14.0. The van der Waals surface area contributed by atoms with E-state index in [1.54, 1.807) is 0 Å². The third-order valence-corrected chi connectivity index (χ3v) is 6.45. The lowest BCUT2D eigenvalue weighted by molar-refractivity contribution is -0.0333. The third-order valence-electron chi connectivity index (χ3n) is 6.45. The van der Waals surface area contributed by atoms with Gasteiger partial charge in [0.2, 0.25) is 0 Å². The Hall–Kier alpha value is -0.120. The maximum Gasteiger partial charge on any atom is 0.191 e. The summed E-state index contributed by atoms with van der Waals surface area (Å²) in [5.41, 5.74) is 0.240. The van der Waals surface area contributed by atoms with Gasteiger partial charge in [-0.1, -0.05) is 19.3 Å². The van der Waals surface area contributed by atoms with Gasteiger partial charge < -0.3 is 20.3 Å². The Morgan fingerprint density at radius 3 is 2.41 bits per heavy atom. The molecule has 0 amide bonds. The SMILES string of the molecule is CCNC(=NCC1(N2CCOCC2)CCCCC1)NCCCCN(C)C(C)C.I. The summed E-state index contributed by atoms with van der Waals surface area (Å²) >= 11 is 0. The third kappa shape index (κ3) is 9.27. The van der Waals surface area contributed by atoms with E-state index in [9.17, 15) is 0 Å². The van der Waals surface area contributed by atoms with Crippen molar-refractivity contribution in [3.8, 4) is 0 Å². The van der Waals surface area contributed by atoms with Crippen LogP contribution in [0.4, 0.5) is 0 Å². The van der Waals surface area contributed by atoms with Crippen molar-refractivity contribution in [3.63, 3.8) is 0 Å². The van der Waals surface area contributed by atoms with Crippen molar-refractivity contribution in [3.05, 3.63) is 0 Å².